The number of allylic oxidation sites excluding steroid dienone is 1. The number of ether oxygens (including phenoxy) is 1. The first-order chi connectivity index (χ1) is 14.3. The number of esters is 1. The van der Waals surface area contributed by atoms with Crippen molar-refractivity contribution in [3.8, 4) is 0 Å². The molecule has 2 aromatic carbocycles. The molecule has 2 rings (SSSR count). The molecule has 0 saturated heterocycles. The zero-order valence-electron chi connectivity index (χ0n) is 19.1. The molecule has 1 unspecified atom stereocenters. The van der Waals surface area contributed by atoms with E-state index in [0.29, 0.717) is 6.61 Å². The first kappa shape index (κ1) is 24.1. The van der Waals surface area contributed by atoms with Crippen LogP contribution in [0.25, 0.3) is 0 Å². The van der Waals surface area contributed by atoms with Gasteiger partial charge in [-0.1, -0.05) is 93.6 Å². The summed E-state index contributed by atoms with van der Waals surface area (Å²) in [7, 11) is -2.51. The molecule has 0 heterocycles. The first-order valence-corrected chi connectivity index (χ1v) is 12.8. The Bertz CT molecular complexity index is 755. The molecular formula is C26H36O3Si. The molecule has 4 heteroatoms. The van der Waals surface area contributed by atoms with E-state index in [1.54, 1.807) is 0 Å². The standard InChI is InChI=1S/C26H36O3Si/c1-22(16-10-6-7-15-21-28-23(2)27)29-30(26(3,4)5,24-17-11-8-12-18-24)25-19-13-9-14-20-25/h8-14,16-20,22H,6-7,15,21H2,1-5H3/b16-10+. The summed E-state index contributed by atoms with van der Waals surface area (Å²) in [5, 5.41) is 2.57. The van der Waals surface area contributed by atoms with Gasteiger partial charge in [-0.25, -0.2) is 0 Å². The molecule has 0 aliphatic carbocycles. The molecule has 0 radical (unpaired) electrons. The molecule has 1 atom stereocenters. The van der Waals surface area contributed by atoms with Crippen LogP contribution < -0.4 is 10.4 Å². The van der Waals surface area contributed by atoms with Gasteiger partial charge < -0.3 is 9.16 Å². The van der Waals surface area contributed by atoms with Gasteiger partial charge in [-0.05, 0) is 41.6 Å². The van der Waals surface area contributed by atoms with E-state index < -0.39 is 8.32 Å². The third-order valence-corrected chi connectivity index (χ3v) is 10.4. The van der Waals surface area contributed by atoms with Gasteiger partial charge in [-0.3, -0.25) is 4.79 Å². The zero-order valence-corrected chi connectivity index (χ0v) is 20.1. The van der Waals surface area contributed by atoms with Crippen molar-refractivity contribution in [3.05, 3.63) is 72.8 Å². The van der Waals surface area contributed by atoms with Crippen molar-refractivity contribution in [2.75, 3.05) is 6.61 Å². The Morgan fingerprint density at radius 1 is 0.967 bits per heavy atom. The lowest BCUT2D eigenvalue weighted by molar-refractivity contribution is -0.141. The quantitative estimate of drug-likeness (QED) is 0.226. The number of hydrogen-bond acceptors (Lipinski definition) is 3. The Balaban J connectivity index is 2.20. The van der Waals surface area contributed by atoms with Crippen molar-refractivity contribution < 1.29 is 14.0 Å². The second kappa shape index (κ2) is 11.3. The summed E-state index contributed by atoms with van der Waals surface area (Å²) < 4.78 is 12.0. The number of benzene rings is 2. The second-order valence-electron chi connectivity index (χ2n) is 8.75. The van der Waals surface area contributed by atoms with Gasteiger partial charge in [0.25, 0.3) is 8.32 Å². The van der Waals surface area contributed by atoms with Crippen molar-refractivity contribution in [3.63, 3.8) is 0 Å². The van der Waals surface area contributed by atoms with Crippen LogP contribution in [0.1, 0.15) is 53.9 Å². The molecule has 162 valence electrons. The zero-order chi connectivity index (χ0) is 22.0. The molecule has 0 spiro atoms. The van der Waals surface area contributed by atoms with Crippen molar-refractivity contribution in [1.82, 2.24) is 0 Å². The smallest absolute Gasteiger partial charge is 0.302 e. The summed E-state index contributed by atoms with van der Waals surface area (Å²) in [5.74, 6) is -0.210. The van der Waals surface area contributed by atoms with E-state index in [1.807, 2.05) is 0 Å². The van der Waals surface area contributed by atoms with Crippen LogP contribution in [0.5, 0.6) is 0 Å². The molecule has 0 saturated carbocycles. The summed E-state index contributed by atoms with van der Waals surface area (Å²) in [6.07, 6.45) is 7.20. The molecule has 3 nitrogen and oxygen atoms in total. The molecule has 2 aromatic rings. The number of hydrogen-bond donors (Lipinski definition) is 0. The highest BCUT2D eigenvalue weighted by molar-refractivity contribution is 6.99. The van der Waals surface area contributed by atoms with Gasteiger partial charge >= 0.3 is 5.97 Å². The lowest BCUT2D eigenvalue weighted by Crippen LogP contribution is -2.67. The van der Waals surface area contributed by atoms with E-state index in [9.17, 15) is 4.79 Å². The molecule has 30 heavy (non-hydrogen) atoms. The lowest BCUT2D eigenvalue weighted by Gasteiger charge is -2.44. The SMILES string of the molecule is CC(=O)OCCCC/C=C/C(C)O[Si](c1ccccc1)(c1ccccc1)C(C)(C)C. The molecule has 0 N–H and O–H groups in total. The van der Waals surface area contributed by atoms with Crippen molar-refractivity contribution >= 4 is 24.7 Å². The number of unbranched alkanes of at least 4 members (excludes halogenated alkanes) is 2. The van der Waals surface area contributed by atoms with Crippen LogP contribution in [0.15, 0.2) is 72.8 Å². The molecule has 0 aliphatic heterocycles. The Labute approximate surface area is 183 Å². The van der Waals surface area contributed by atoms with Gasteiger partial charge in [0.15, 0.2) is 0 Å². The fourth-order valence-electron chi connectivity index (χ4n) is 3.88. The first-order valence-electron chi connectivity index (χ1n) is 10.9. The third-order valence-electron chi connectivity index (χ3n) is 5.26. The van der Waals surface area contributed by atoms with E-state index in [4.69, 9.17) is 9.16 Å². The van der Waals surface area contributed by atoms with Gasteiger partial charge in [-0.15, -0.1) is 0 Å². The monoisotopic (exact) mass is 424 g/mol. The summed E-state index contributed by atoms with van der Waals surface area (Å²) in [6, 6.07) is 21.4. The third kappa shape index (κ3) is 6.41. The molecule has 0 bridgehead atoms. The minimum absolute atomic E-state index is 0.00442. The maximum atomic E-state index is 10.8. The number of carbonyl (C=O) groups excluding carboxylic acids is 1. The average Bonchev–Trinajstić information content (AvgIpc) is 2.71. The van der Waals surface area contributed by atoms with Crippen molar-refractivity contribution in [1.29, 1.82) is 0 Å². The highest BCUT2D eigenvalue weighted by Crippen LogP contribution is 2.37. The molecule has 0 fully saturated rings. The Kier molecular flexibility index (Phi) is 9.06. The van der Waals surface area contributed by atoms with Crippen LogP contribution in [0.2, 0.25) is 5.04 Å². The van der Waals surface area contributed by atoms with Crippen LogP contribution in [0.4, 0.5) is 0 Å². The maximum Gasteiger partial charge on any atom is 0.302 e. The van der Waals surface area contributed by atoms with Gasteiger partial charge in [0, 0.05) is 6.92 Å². The number of carbonyl (C=O) groups is 1. The van der Waals surface area contributed by atoms with E-state index in [0.717, 1.165) is 19.3 Å². The summed E-state index contributed by atoms with van der Waals surface area (Å²) >= 11 is 0. The predicted octanol–water partition coefficient (Wildman–Crippen LogP) is 5.24. The highest BCUT2D eigenvalue weighted by atomic mass is 28.4. The van der Waals surface area contributed by atoms with E-state index in [2.05, 4.69) is 101 Å². The fraction of sp³-hybridized carbons (Fsp3) is 0.423. The lowest BCUT2D eigenvalue weighted by atomic mass is 10.2. The topological polar surface area (TPSA) is 35.5 Å². The Hall–Kier alpha value is -2.17. The molecule has 0 aromatic heterocycles. The number of rotatable bonds is 10. The average molecular weight is 425 g/mol. The summed E-state index contributed by atoms with van der Waals surface area (Å²) in [6.45, 7) is 11.0. The highest BCUT2D eigenvalue weighted by Gasteiger charge is 2.50. The Morgan fingerprint density at radius 2 is 1.50 bits per heavy atom. The van der Waals surface area contributed by atoms with Crippen LogP contribution in [0, 0.1) is 0 Å². The van der Waals surface area contributed by atoms with Gasteiger partial charge in [0.1, 0.15) is 0 Å². The molecule has 0 amide bonds. The van der Waals surface area contributed by atoms with E-state index in [1.165, 1.54) is 17.3 Å². The fourth-order valence-corrected chi connectivity index (χ4v) is 8.53. The predicted molar refractivity (Wildman–Crippen MR) is 128 cm³/mol. The van der Waals surface area contributed by atoms with Crippen LogP contribution in [-0.4, -0.2) is 27.0 Å². The molecule has 0 aliphatic rings. The van der Waals surface area contributed by atoms with Crippen LogP contribution in [-0.2, 0) is 14.0 Å². The minimum atomic E-state index is -2.51. The largest absolute Gasteiger partial charge is 0.466 e. The van der Waals surface area contributed by atoms with Gasteiger partial charge in [-0.2, -0.15) is 0 Å². The van der Waals surface area contributed by atoms with Gasteiger partial charge in [0.2, 0.25) is 0 Å². The van der Waals surface area contributed by atoms with E-state index >= 15 is 0 Å². The maximum absolute atomic E-state index is 10.8. The van der Waals surface area contributed by atoms with Crippen LogP contribution in [0.3, 0.4) is 0 Å². The molecular weight excluding hydrogens is 388 g/mol. The second-order valence-corrected chi connectivity index (χ2v) is 13.0. The van der Waals surface area contributed by atoms with E-state index in [-0.39, 0.29) is 17.1 Å². The normalized spacial score (nSPS) is 13.4. The summed E-state index contributed by atoms with van der Waals surface area (Å²) in [5.41, 5.74) is 0. The van der Waals surface area contributed by atoms with Gasteiger partial charge in [0.05, 0.1) is 12.7 Å². The van der Waals surface area contributed by atoms with Crippen molar-refractivity contribution in [2.45, 2.75) is 65.0 Å². The van der Waals surface area contributed by atoms with Crippen molar-refractivity contribution in [2.24, 2.45) is 0 Å². The summed E-state index contributed by atoms with van der Waals surface area (Å²) in [4.78, 5) is 10.8. The minimum Gasteiger partial charge on any atom is -0.466 e. The van der Waals surface area contributed by atoms with Crippen LogP contribution >= 0.6 is 0 Å². The Morgan fingerprint density at radius 3 is 1.97 bits per heavy atom.